The van der Waals surface area contributed by atoms with Gasteiger partial charge in [-0.2, -0.15) is 8.42 Å². The van der Waals surface area contributed by atoms with Crippen LogP contribution < -0.4 is 5.32 Å². The van der Waals surface area contributed by atoms with E-state index in [9.17, 15) is 0 Å². The maximum absolute atomic E-state index is 8.74. The van der Waals surface area contributed by atoms with Crippen LogP contribution in [0.1, 0.15) is 71.1 Å². The van der Waals surface area contributed by atoms with Crippen molar-refractivity contribution >= 4 is 16.1 Å². The molecule has 1 aromatic rings. The number of unbranched alkanes of at least 4 members (excludes halogenated alkanes) is 9. The summed E-state index contributed by atoms with van der Waals surface area (Å²) < 4.78 is 31.6. The zero-order chi connectivity index (χ0) is 18.1. The molecule has 0 amide bonds. The smallest absolute Gasteiger partial charge is 0.385 e. The average Bonchev–Trinajstić information content (AvgIpc) is 2.52. The second kappa shape index (κ2) is 15.4. The minimum Gasteiger partial charge on any atom is -0.385 e. The van der Waals surface area contributed by atoms with Crippen LogP contribution in [0.4, 0.5) is 5.69 Å². The van der Waals surface area contributed by atoms with Gasteiger partial charge in [0.25, 0.3) is 0 Å². The highest BCUT2D eigenvalue weighted by molar-refractivity contribution is 7.79. The van der Waals surface area contributed by atoms with Crippen LogP contribution in [-0.2, 0) is 10.4 Å². The van der Waals surface area contributed by atoms with Crippen molar-refractivity contribution in [3.63, 3.8) is 0 Å². The molecule has 24 heavy (non-hydrogen) atoms. The molecule has 0 radical (unpaired) electrons. The number of para-hydroxylation sites is 1. The predicted molar refractivity (Wildman–Crippen MR) is 101 cm³/mol. The maximum Gasteiger partial charge on any atom is 0.394 e. The number of rotatable bonds is 12. The molecule has 0 bridgehead atoms. The van der Waals surface area contributed by atoms with Gasteiger partial charge >= 0.3 is 10.4 Å². The zero-order valence-corrected chi connectivity index (χ0v) is 15.6. The molecule has 0 aliphatic heterocycles. The molecule has 0 aliphatic carbocycles. The highest BCUT2D eigenvalue weighted by Crippen LogP contribution is 2.11. The van der Waals surface area contributed by atoms with Crippen molar-refractivity contribution in [2.75, 3.05) is 11.9 Å². The second-order valence-electron chi connectivity index (χ2n) is 5.92. The minimum absolute atomic E-state index is 1.11. The molecule has 0 saturated heterocycles. The van der Waals surface area contributed by atoms with E-state index in [1.807, 2.05) is 0 Å². The van der Waals surface area contributed by atoms with E-state index in [4.69, 9.17) is 17.5 Å². The number of anilines is 1. The van der Waals surface area contributed by atoms with Crippen LogP contribution in [0.3, 0.4) is 0 Å². The van der Waals surface area contributed by atoms with E-state index in [1.54, 1.807) is 0 Å². The molecule has 0 unspecified atom stereocenters. The molecule has 1 rings (SSSR count). The Morgan fingerprint density at radius 2 is 1.21 bits per heavy atom. The lowest BCUT2D eigenvalue weighted by molar-refractivity contribution is 0.381. The highest BCUT2D eigenvalue weighted by Gasteiger charge is 1.93. The molecular weight excluding hydrogens is 326 g/mol. The van der Waals surface area contributed by atoms with Crippen LogP contribution in [-0.4, -0.2) is 24.1 Å². The Hall–Kier alpha value is -1.11. The van der Waals surface area contributed by atoms with Crippen LogP contribution in [0, 0.1) is 0 Å². The fraction of sp³-hybridized carbons (Fsp3) is 0.667. The van der Waals surface area contributed by atoms with Gasteiger partial charge in [0.15, 0.2) is 0 Å². The van der Waals surface area contributed by atoms with Crippen molar-refractivity contribution in [3.8, 4) is 0 Å². The Bertz CT molecular complexity index is 469. The zero-order valence-electron chi connectivity index (χ0n) is 14.8. The monoisotopic (exact) mass is 359 g/mol. The van der Waals surface area contributed by atoms with Gasteiger partial charge in [0.2, 0.25) is 0 Å². The van der Waals surface area contributed by atoms with Gasteiger partial charge in [-0.1, -0.05) is 82.9 Å². The van der Waals surface area contributed by atoms with Gasteiger partial charge in [0.05, 0.1) is 0 Å². The lowest BCUT2D eigenvalue weighted by atomic mass is 10.1. The van der Waals surface area contributed by atoms with Gasteiger partial charge in [-0.3, -0.25) is 9.11 Å². The van der Waals surface area contributed by atoms with E-state index in [0.717, 1.165) is 6.54 Å². The summed E-state index contributed by atoms with van der Waals surface area (Å²) in [6, 6.07) is 10.5. The summed E-state index contributed by atoms with van der Waals surface area (Å²) in [5.74, 6) is 0. The first-order chi connectivity index (χ1) is 11.4. The molecule has 0 aromatic heterocycles. The summed E-state index contributed by atoms with van der Waals surface area (Å²) in [5, 5.41) is 3.47. The van der Waals surface area contributed by atoms with Crippen molar-refractivity contribution in [2.45, 2.75) is 71.1 Å². The van der Waals surface area contributed by atoms with Gasteiger partial charge in [-0.25, -0.2) is 0 Å². The third-order valence-electron chi connectivity index (χ3n) is 3.63. The molecule has 6 heteroatoms. The summed E-state index contributed by atoms with van der Waals surface area (Å²) in [6.07, 6.45) is 14.1. The second-order valence-corrected chi connectivity index (χ2v) is 6.82. The first-order valence-electron chi connectivity index (χ1n) is 8.92. The van der Waals surface area contributed by atoms with E-state index >= 15 is 0 Å². The fourth-order valence-corrected chi connectivity index (χ4v) is 2.40. The molecular formula is C18H33NO4S. The summed E-state index contributed by atoms with van der Waals surface area (Å²) in [5.41, 5.74) is 1.25. The van der Waals surface area contributed by atoms with Crippen LogP contribution >= 0.6 is 0 Å². The van der Waals surface area contributed by atoms with E-state index in [1.165, 1.54) is 69.9 Å². The third kappa shape index (κ3) is 20.9. The van der Waals surface area contributed by atoms with Crippen molar-refractivity contribution < 1.29 is 17.5 Å². The SMILES string of the molecule is CCCCCCCCCCCCNc1ccccc1.O=S(=O)(O)O. The normalized spacial score (nSPS) is 10.8. The van der Waals surface area contributed by atoms with Gasteiger partial charge in [0, 0.05) is 12.2 Å². The summed E-state index contributed by atoms with van der Waals surface area (Å²) in [7, 11) is -4.67. The Morgan fingerprint density at radius 3 is 1.67 bits per heavy atom. The van der Waals surface area contributed by atoms with E-state index in [2.05, 4.69) is 42.6 Å². The summed E-state index contributed by atoms with van der Waals surface area (Å²) in [6.45, 7) is 3.39. The molecule has 140 valence electrons. The standard InChI is InChI=1S/C18H31N.H2O4S/c1-2-3-4-5-6-7-8-9-10-14-17-19-18-15-12-11-13-16-18;1-5(2,3)4/h11-13,15-16,19H,2-10,14,17H2,1H3;(H2,1,2,3,4). The molecule has 0 atom stereocenters. The van der Waals surface area contributed by atoms with Gasteiger partial charge in [0.1, 0.15) is 0 Å². The largest absolute Gasteiger partial charge is 0.394 e. The molecule has 0 saturated carbocycles. The van der Waals surface area contributed by atoms with Gasteiger partial charge in [-0.15, -0.1) is 0 Å². The Balaban J connectivity index is 0.000000922. The van der Waals surface area contributed by atoms with Gasteiger partial charge < -0.3 is 5.32 Å². The van der Waals surface area contributed by atoms with E-state index < -0.39 is 10.4 Å². The molecule has 3 N–H and O–H groups in total. The van der Waals surface area contributed by atoms with Crippen LogP contribution in [0.2, 0.25) is 0 Å². The van der Waals surface area contributed by atoms with Crippen molar-refractivity contribution in [1.82, 2.24) is 0 Å². The van der Waals surface area contributed by atoms with E-state index in [-0.39, 0.29) is 0 Å². The number of nitrogens with one attached hydrogen (secondary N) is 1. The van der Waals surface area contributed by atoms with E-state index in [0.29, 0.717) is 0 Å². The fourth-order valence-electron chi connectivity index (χ4n) is 2.40. The van der Waals surface area contributed by atoms with Crippen molar-refractivity contribution in [2.24, 2.45) is 0 Å². The first-order valence-corrected chi connectivity index (χ1v) is 10.3. The Kier molecular flexibility index (Phi) is 14.7. The lowest BCUT2D eigenvalue weighted by Gasteiger charge is -2.06. The molecule has 1 aromatic carbocycles. The maximum atomic E-state index is 8.74. The van der Waals surface area contributed by atoms with Crippen LogP contribution in [0.25, 0.3) is 0 Å². The highest BCUT2D eigenvalue weighted by atomic mass is 32.3. The minimum atomic E-state index is -4.67. The quantitative estimate of drug-likeness (QED) is 0.345. The molecule has 0 aliphatic rings. The Morgan fingerprint density at radius 1 is 0.792 bits per heavy atom. The molecule has 0 fully saturated rings. The van der Waals surface area contributed by atoms with Gasteiger partial charge in [-0.05, 0) is 18.6 Å². The summed E-state index contributed by atoms with van der Waals surface area (Å²) in [4.78, 5) is 0. The average molecular weight is 360 g/mol. The molecule has 5 nitrogen and oxygen atoms in total. The van der Waals surface area contributed by atoms with Crippen LogP contribution in [0.15, 0.2) is 30.3 Å². The summed E-state index contributed by atoms with van der Waals surface area (Å²) >= 11 is 0. The number of hydrogen-bond donors (Lipinski definition) is 3. The molecule has 0 spiro atoms. The topological polar surface area (TPSA) is 86.6 Å². The van der Waals surface area contributed by atoms with Crippen LogP contribution in [0.5, 0.6) is 0 Å². The molecule has 0 heterocycles. The number of benzene rings is 1. The number of hydrogen-bond acceptors (Lipinski definition) is 3. The lowest BCUT2D eigenvalue weighted by Crippen LogP contribution is -2.00. The van der Waals surface area contributed by atoms with Crippen molar-refractivity contribution in [3.05, 3.63) is 30.3 Å². The first kappa shape index (κ1) is 22.9. The third-order valence-corrected chi connectivity index (χ3v) is 3.63. The predicted octanol–water partition coefficient (Wildman–Crippen LogP) is 5.37. The Labute approximate surface area is 147 Å². The van der Waals surface area contributed by atoms with Crippen molar-refractivity contribution in [1.29, 1.82) is 0 Å².